The first-order valence-electron chi connectivity index (χ1n) is 6.68. The second-order valence-electron chi connectivity index (χ2n) is 4.63. The number of allylic oxidation sites excluding steroid dienone is 1. The molecule has 22 heavy (non-hydrogen) atoms. The Morgan fingerprint density at radius 3 is 2.45 bits per heavy atom. The van der Waals surface area contributed by atoms with Crippen LogP contribution in [0.15, 0.2) is 65.1 Å². The Morgan fingerprint density at radius 1 is 1.00 bits per heavy atom. The fraction of sp³-hybridized carbons (Fsp3) is 0. The number of ketones is 1. The fourth-order valence-electron chi connectivity index (χ4n) is 2.03. The summed E-state index contributed by atoms with van der Waals surface area (Å²) in [6.45, 7) is 0. The molecule has 5 heteroatoms. The minimum Gasteiger partial charge on any atom is -0.289 e. The van der Waals surface area contributed by atoms with Gasteiger partial charge in [0.1, 0.15) is 11.4 Å². The number of nitrogens with zero attached hydrogens (tertiary/aromatic N) is 2. The van der Waals surface area contributed by atoms with Gasteiger partial charge in [-0.3, -0.25) is 4.79 Å². The van der Waals surface area contributed by atoms with E-state index in [2.05, 4.69) is 31.3 Å². The van der Waals surface area contributed by atoms with Crippen molar-refractivity contribution in [2.75, 3.05) is 0 Å². The molecule has 0 saturated heterocycles. The van der Waals surface area contributed by atoms with Crippen molar-refractivity contribution in [3.8, 4) is 11.3 Å². The molecule has 0 amide bonds. The molecule has 0 aliphatic heterocycles. The van der Waals surface area contributed by atoms with Crippen LogP contribution in [0.5, 0.6) is 0 Å². The Kier molecular flexibility index (Phi) is 4.25. The van der Waals surface area contributed by atoms with E-state index in [4.69, 9.17) is 0 Å². The van der Waals surface area contributed by atoms with E-state index in [1.165, 1.54) is 6.08 Å². The molecular weight excluding hydrogens is 342 g/mol. The average molecular weight is 354 g/mol. The number of nitrogens with one attached hydrogen (secondary N) is 1. The Bertz CT molecular complexity index is 807. The standard InChI is InChI=1S/C17H12BrN3O/c18-14-8-6-12(7-9-14)16(22)11-10-15-17(20-21-19-15)13-4-2-1-3-5-13/h1-11H,(H,19,20,21)/b11-10+. The minimum absolute atomic E-state index is 0.0745. The molecule has 0 aliphatic carbocycles. The van der Waals surface area contributed by atoms with Gasteiger partial charge in [0.15, 0.2) is 5.78 Å². The predicted octanol–water partition coefficient (Wildman–Crippen LogP) is 4.13. The van der Waals surface area contributed by atoms with Gasteiger partial charge in [0.05, 0.1) is 0 Å². The molecule has 0 aliphatic rings. The average Bonchev–Trinajstić information content (AvgIpc) is 3.02. The topological polar surface area (TPSA) is 58.6 Å². The number of halogens is 1. The van der Waals surface area contributed by atoms with E-state index in [0.717, 1.165) is 15.7 Å². The molecule has 3 rings (SSSR count). The van der Waals surface area contributed by atoms with Gasteiger partial charge in [-0.25, -0.2) is 0 Å². The van der Waals surface area contributed by atoms with Crippen LogP contribution in [-0.4, -0.2) is 21.2 Å². The van der Waals surface area contributed by atoms with E-state index < -0.39 is 0 Å². The van der Waals surface area contributed by atoms with E-state index in [1.807, 2.05) is 42.5 Å². The number of H-pyrrole nitrogens is 1. The Morgan fingerprint density at radius 2 is 1.73 bits per heavy atom. The van der Waals surface area contributed by atoms with E-state index >= 15 is 0 Å². The first-order valence-corrected chi connectivity index (χ1v) is 7.47. The van der Waals surface area contributed by atoms with Crippen LogP contribution in [0.1, 0.15) is 16.1 Å². The second kappa shape index (κ2) is 6.49. The molecule has 0 fully saturated rings. The summed E-state index contributed by atoms with van der Waals surface area (Å²) >= 11 is 3.35. The molecule has 2 aromatic carbocycles. The predicted molar refractivity (Wildman–Crippen MR) is 89.3 cm³/mol. The smallest absolute Gasteiger partial charge is 0.185 e. The van der Waals surface area contributed by atoms with Crippen LogP contribution in [0.3, 0.4) is 0 Å². The zero-order valence-corrected chi connectivity index (χ0v) is 13.1. The molecule has 0 radical (unpaired) electrons. The van der Waals surface area contributed by atoms with Gasteiger partial charge in [-0.05, 0) is 36.4 Å². The summed E-state index contributed by atoms with van der Waals surface area (Å²) in [5, 5.41) is 10.8. The van der Waals surface area contributed by atoms with Crippen molar-refractivity contribution in [1.29, 1.82) is 0 Å². The van der Waals surface area contributed by atoms with Crippen LogP contribution in [0, 0.1) is 0 Å². The van der Waals surface area contributed by atoms with Crippen molar-refractivity contribution < 1.29 is 4.79 Å². The van der Waals surface area contributed by atoms with Gasteiger partial charge in [-0.1, -0.05) is 46.3 Å². The lowest BCUT2D eigenvalue weighted by Crippen LogP contribution is -1.93. The molecule has 1 heterocycles. The normalized spacial score (nSPS) is 11.0. The van der Waals surface area contributed by atoms with Crippen LogP contribution in [0.25, 0.3) is 17.3 Å². The summed E-state index contributed by atoms with van der Waals surface area (Å²) in [5.74, 6) is -0.0745. The Labute approximate surface area is 136 Å². The molecule has 108 valence electrons. The molecule has 0 spiro atoms. The number of benzene rings is 2. The zero-order chi connectivity index (χ0) is 15.4. The maximum absolute atomic E-state index is 12.1. The lowest BCUT2D eigenvalue weighted by molar-refractivity contribution is 0.104. The molecule has 0 atom stereocenters. The lowest BCUT2D eigenvalue weighted by atomic mass is 10.1. The third kappa shape index (κ3) is 3.20. The van der Waals surface area contributed by atoms with Crippen molar-refractivity contribution in [1.82, 2.24) is 15.4 Å². The van der Waals surface area contributed by atoms with Gasteiger partial charge < -0.3 is 0 Å². The third-order valence-corrected chi connectivity index (χ3v) is 3.67. The molecule has 3 aromatic rings. The molecule has 4 nitrogen and oxygen atoms in total. The van der Waals surface area contributed by atoms with Crippen molar-refractivity contribution >= 4 is 27.8 Å². The van der Waals surface area contributed by atoms with E-state index in [1.54, 1.807) is 18.2 Å². The quantitative estimate of drug-likeness (QED) is 0.566. The van der Waals surface area contributed by atoms with Gasteiger partial charge >= 0.3 is 0 Å². The fourth-order valence-corrected chi connectivity index (χ4v) is 2.29. The number of rotatable bonds is 4. The number of hydrogen-bond donors (Lipinski definition) is 1. The van der Waals surface area contributed by atoms with E-state index in [-0.39, 0.29) is 5.78 Å². The third-order valence-electron chi connectivity index (χ3n) is 3.14. The number of carbonyl (C=O) groups is 1. The largest absolute Gasteiger partial charge is 0.289 e. The van der Waals surface area contributed by atoms with Crippen LogP contribution in [0.4, 0.5) is 0 Å². The molecule has 0 saturated carbocycles. The van der Waals surface area contributed by atoms with Crippen molar-refractivity contribution in [3.05, 3.63) is 76.4 Å². The SMILES string of the molecule is O=C(/C=C/c1n[nH]nc1-c1ccccc1)c1ccc(Br)cc1. The van der Waals surface area contributed by atoms with Gasteiger partial charge in [-0.15, -0.1) is 0 Å². The number of aromatic nitrogens is 3. The number of aromatic amines is 1. The van der Waals surface area contributed by atoms with Gasteiger partial charge in [0, 0.05) is 15.6 Å². The van der Waals surface area contributed by atoms with Gasteiger partial charge in [0.2, 0.25) is 0 Å². The van der Waals surface area contributed by atoms with Crippen molar-refractivity contribution in [2.45, 2.75) is 0 Å². The summed E-state index contributed by atoms with van der Waals surface area (Å²) < 4.78 is 0.941. The van der Waals surface area contributed by atoms with Crippen LogP contribution in [0.2, 0.25) is 0 Å². The Hall–Kier alpha value is -2.53. The summed E-state index contributed by atoms with van der Waals surface area (Å²) in [6, 6.07) is 16.9. The molecule has 1 N–H and O–H groups in total. The highest BCUT2D eigenvalue weighted by molar-refractivity contribution is 9.10. The second-order valence-corrected chi connectivity index (χ2v) is 5.54. The minimum atomic E-state index is -0.0745. The summed E-state index contributed by atoms with van der Waals surface area (Å²) in [4.78, 5) is 12.1. The highest BCUT2D eigenvalue weighted by Crippen LogP contribution is 2.20. The van der Waals surface area contributed by atoms with Crippen LogP contribution < -0.4 is 0 Å². The van der Waals surface area contributed by atoms with Crippen molar-refractivity contribution in [3.63, 3.8) is 0 Å². The van der Waals surface area contributed by atoms with Gasteiger partial charge in [0.25, 0.3) is 0 Å². The van der Waals surface area contributed by atoms with E-state index in [0.29, 0.717) is 11.3 Å². The first kappa shape index (κ1) is 14.4. The highest BCUT2D eigenvalue weighted by atomic mass is 79.9. The zero-order valence-electron chi connectivity index (χ0n) is 11.5. The summed E-state index contributed by atoms with van der Waals surface area (Å²) in [5.41, 5.74) is 2.94. The van der Waals surface area contributed by atoms with Gasteiger partial charge in [-0.2, -0.15) is 15.4 Å². The molecule has 0 unspecified atom stereocenters. The highest BCUT2D eigenvalue weighted by Gasteiger charge is 2.08. The summed E-state index contributed by atoms with van der Waals surface area (Å²) in [6.07, 6.45) is 3.18. The molecule has 1 aromatic heterocycles. The van der Waals surface area contributed by atoms with Crippen molar-refractivity contribution in [2.24, 2.45) is 0 Å². The first-order chi connectivity index (χ1) is 10.7. The van der Waals surface area contributed by atoms with Crippen LogP contribution >= 0.6 is 15.9 Å². The lowest BCUT2D eigenvalue weighted by Gasteiger charge is -1.97. The summed E-state index contributed by atoms with van der Waals surface area (Å²) in [7, 11) is 0. The molecular formula is C17H12BrN3O. The molecule has 0 bridgehead atoms. The van der Waals surface area contributed by atoms with Crippen LogP contribution in [-0.2, 0) is 0 Å². The maximum atomic E-state index is 12.1. The number of carbonyl (C=O) groups excluding carboxylic acids is 1. The maximum Gasteiger partial charge on any atom is 0.185 e. The monoisotopic (exact) mass is 353 g/mol. The Balaban J connectivity index is 1.83. The van der Waals surface area contributed by atoms with E-state index in [9.17, 15) is 4.79 Å². The number of hydrogen-bond acceptors (Lipinski definition) is 3.